The maximum absolute atomic E-state index is 13.8. The second-order valence-electron chi connectivity index (χ2n) is 6.69. The molecule has 0 aliphatic heterocycles. The van der Waals surface area contributed by atoms with Crippen molar-refractivity contribution in [2.75, 3.05) is 11.9 Å². The first kappa shape index (κ1) is 20.9. The van der Waals surface area contributed by atoms with E-state index in [4.69, 9.17) is 4.74 Å². The second-order valence-corrected chi connectivity index (χ2v) is 7.72. The van der Waals surface area contributed by atoms with Gasteiger partial charge in [-0.25, -0.2) is 9.67 Å². The van der Waals surface area contributed by atoms with Gasteiger partial charge in [0.1, 0.15) is 5.75 Å². The van der Waals surface area contributed by atoms with Gasteiger partial charge in [0.15, 0.2) is 10.8 Å². The third-order valence-electron chi connectivity index (χ3n) is 4.45. The minimum absolute atomic E-state index is 0.185. The number of rotatable bonds is 5. The number of carbonyl (C=O) groups excluding carboxylic acids is 1. The maximum atomic E-state index is 13.8. The molecule has 6 nitrogen and oxygen atoms in total. The normalized spacial score (nSPS) is 11.6. The van der Waals surface area contributed by atoms with Crippen LogP contribution in [0.4, 0.5) is 18.3 Å². The fourth-order valence-electron chi connectivity index (χ4n) is 3.05. The predicted molar refractivity (Wildman–Crippen MR) is 112 cm³/mol. The van der Waals surface area contributed by atoms with Crippen LogP contribution < -0.4 is 10.1 Å². The summed E-state index contributed by atoms with van der Waals surface area (Å²) in [6.07, 6.45) is -3.87. The van der Waals surface area contributed by atoms with Crippen LogP contribution in [-0.2, 0) is 6.18 Å². The number of alkyl halides is 3. The molecule has 0 saturated carbocycles. The molecule has 0 bridgehead atoms. The van der Waals surface area contributed by atoms with E-state index in [1.54, 1.807) is 30.3 Å². The number of aromatic nitrogens is 3. The van der Waals surface area contributed by atoms with Crippen LogP contribution in [0.25, 0.3) is 15.9 Å². The number of fused-ring (bicyclic) bond motifs is 1. The number of aryl methyl sites for hydroxylation is 1. The zero-order chi connectivity index (χ0) is 22.2. The Labute approximate surface area is 179 Å². The van der Waals surface area contributed by atoms with E-state index in [9.17, 15) is 18.0 Å². The minimum Gasteiger partial charge on any atom is -0.494 e. The van der Waals surface area contributed by atoms with Gasteiger partial charge in [-0.1, -0.05) is 29.0 Å². The summed E-state index contributed by atoms with van der Waals surface area (Å²) in [5, 5.41) is 6.47. The van der Waals surface area contributed by atoms with E-state index in [0.717, 1.165) is 32.5 Å². The van der Waals surface area contributed by atoms with Gasteiger partial charge in [0, 0.05) is 0 Å². The Kier molecular flexibility index (Phi) is 5.40. The Hall–Kier alpha value is -3.40. The van der Waals surface area contributed by atoms with E-state index in [1.807, 2.05) is 13.8 Å². The lowest BCUT2D eigenvalue weighted by molar-refractivity contribution is -0.143. The molecule has 0 fully saturated rings. The standard InChI is InChI=1S/C21H17F3N4O2S/c1-3-30-14-8-9-16-17(10-14)31-20(26-16)27-19(29)15-11-25-28(18(15)21(22,23)24)13-6-4-12(2)5-7-13/h4-11H,3H2,1-2H3,(H,26,27,29). The third kappa shape index (κ3) is 4.24. The number of benzene rings is 2. The lowest BCUT2D eigenvalue weighted by Gasteiger charge is -2.12. The molecule has 2 aromatic heterocycles. The van der Waals surface area contributed by atoms with Gasteiger partial charge in [0.05, 0.1) is 34.3 Å². The van der Waals surface area contributed by atoms with E-state index in [2.05, 4.69) is 15.4 Å². The summed E-state index contributed by atoms with van der Waals surface area (Å²) < 4.78 is 48.4. The van der Waals surface area contributed by atoms with Crippen LogP contribution in [0.5, 0.6) is 5.75 Å². The van der Waals surface area contributed by atoms with Crippen LogP contribution in [0.15, 0.2) is 48.7 Å². The molecular formula is C21H17F3N4O2S. The molecule has 4 rings (SSSR count). The summed E-state index contributed by atoms with van der Waals surface area (Å²) in [6, 6.07) is 11.6. The van der Waals surface area contributed by atoms with E-state index in [1.165, 1.54) is 12.1 Å². The Morgan fingerprint density at radius 1 is 1.19 bits per heavy atom. The van der Waals surface area contributed by atoms with Gasteiger partial charge in [-0.3, -0.25) is 10.1 Å². The smallest absolute Gasteiger partial charge is 0.434 e. The topological polar surface area (TPSA) is 69.0 Å². The number of carbonyl (C=O) groups is 1. The number of hydrogen-bond acceptors (Lipinski definition) is 5. The highest BCUT2D eigenvalue weighted by Gasteiger charge is 2.40. The molecule has 0 aliphatic rings. The van der Waals surface area contributed by atoms with Crippen molar-refractivity contribution >= 4 is 32.6 Å². The molecule has 0 aliphatic carbocycles. The van der Waals surface area contributed by atoms with E-state index in [0.29, 0.717) is 17.9 Å². The van der Waals surface area contributed by atoms with Crippen LogP contribution in [0.2, 0.25) is 0 Å². The van der Waals surface area contributed by atoms with E-state index in [-0.39, 0.29) is 10.8 Å². The van der Waals surface area contributed by atoms with Crippen molar-refractivity contribution < 1.29 is 22.7 Å². The van der Waals surface area contributed by atoms with Crippen LogP contribution in [0.3, 0.4) is 0 Å². The monoisotopic (exact) mass is 446 g/mol. The lowest BCUT2D eigenvalue weighted by Crippen LogP contribution is -2.20. The molecule has 0 atom stereocenters. The molecule has 1 N–H and O–H groups in total. The molecule has 0 unspecified atom stereocenters. The van der Waals surface area contributed by atoms with Crippen LogP contribution >= 0.6 is 11.3 Å². The number of amides is 1. The van der Waals surface area contributed by atoms with Crippen molar-refractivity contribution in [3.05, 3.63) is 65.5 Å². The molecule has 0 spiro atoms. The fourth-order valence-corrected chi connectivity index (χ4v) is 3.94. The van der Waals surface area contributed by atoms with Gasteiger partial charge in [-0.05, 0) is 44.2 Å². The predicted octanol–water partition coefficient (Wildman–Crippen LogP) is 5.46. The first-order chi connectivity index (χ1) is 14.8. The van der Waals surface area contributed by atoms with Gasteiger partial charge in [-0.2, -0.15) is 18.3 Å². The highest BCUT2D eigenvalue weighted by Crippen LogP contribution is 2.35. The summed E-state index contributed by atoms with van der Waals surface area (Å²) in [5.41, 5.74) is -0.0164. The molecule has 1 amide bonds. The van der Waals surface area contributed by atoms with Crippen LogP contribution in [0, 0.1) is 6.92 Å². The van der Waals surface area contributed by atoms with Crippen molar-refractivity contribution in [2.24, 2.45) is 0 Å². The summed E-state index contributed by atoms with van der Waals surface area (Å²) in [4.78, 5) is 17.0. The molecule has 0 radical (unpaired) electrons. The Balaban J connectivity index is 1.67. The largest absolute Gasteiger partial charge is 0.494 e. The zero-order valence-corrected chi connectivity index (χ0v) is 17.3. The Morgan fingerprint density at radius 2 is 1.94 bits per heavy atom. The highest BCUT2D eigenvalue weighted by atomic mass is 32.1. The summed E-state index contributed by atoms with van der Waals surface area (Å²) in [5.74, 6) is -0.287. The van der Waals surface area contributed by atoms with Crippen molar-refractivity contribution in [3.8, 4) is 11.4 Å². The molecule has 10 heteroatoms. The van der Waals surface area contributed by atoms with Crippen molar-refractivity contribution in [1.29, 1.82) is 0 Å². The van der Waals surface area contributed by atoms with Gasteiger partial charge in [0.2, 0.25) is 0 Å². The molecule has 4 aromatic rings. The van der Waals surface area contributed by atoms with Gasteiger partial charge >= 0.3 is 6.18 Å². The number of thiazole rings is 1. The molecular weight excluding hydrogens is 429 g/mol. The minimum atomic E-state index is -4.78. The van der Waals surface area contributed by atoms with Crippen molar-refractivity contribution in [2.45, 2.75) is 20.0 Å². The summed E-state index contributed by atoms with van der Waals surface area (Å²) in [6.45, 7) is 4.18. The number of nitrogens with zero attached hydrogens (tertiary/aromatic N) is 3. The molecule has 160 valence electrons. The van der Waals surface area contributed by atoms with E-state index >= 15 is 0 Å². The Bertz CT molecular complexity index is 1250. The van der Waals surface area contributed by atoms with E-state index < -0.39 is 23.3 Å². The van der Waals surface area contributed by atoms with Crippen molar-refractivity contribution in [1.82, 2.24) is 14.8 Å². The number of ether oxygens (including phenoxy) is 1. The third-order valence-corrected chi connectivity index (χ3v) is 5.39. The number of anilines is 1. The Morgan fingerprint density at radius 3 is 2.61 bits per heavy atom. The number of hydrogen-bond donors (Lipinski definition) is 1. The summed E-state index contributed by atoms with van der Waals surface area (Å²) in [7, 11) is 0. The molecule has 0 saturated heterocycles. The van der Waals surface area contributed by atoms with Gasteiger partial charge in [-0.15, -0.1) is 0 Å². The molecule has 2 aromatic carbocycles. The quantitative estimate of drug-likeness (QED) is 0.442. The summed E-state index contributed by atoms with van der Waals surface area (Å²) >= 11 is 1.15. The molecule has 2 heterocycles. The lowest BCUT2D eigenvalue weighted by atomic mass is 10.2. The average Bonchev–Trinajstić information content (AvgIpc) is 3.32. The van der Waals surface area contributed by atoms with Gasteiger partial charge < -0.3 is 4.74 Å². The first-order valence-corrected chi connectivity index (χ1v) is 10.1. The molecule has 31 heavy (non-hydrogen) atoms. The van der Waals surface area contributed by atoms with Crippen molar-refractivity contribution in [3.63, 3.8) is 0 Å². The second kappa shape index (κ2) is 8.03. The van der Waals surface area contributed by atoms with Crippen LogP contribution in [-0.4, -0.2) is 27.3 Å². The fraction of sp³-hybridized carbons (Fsp3) is 0.190. The number of halogens is 3. The zero-order valence-electron chi connectivity index (χ0n) is 16.5. The first-order valence-electron chi connectivity index (χ1n) is 9.33. The SMILES string of the molecule is CCOc1ccc2nc(NC(=O)c3cnn(-c4ccc(C)cc4)c3C(F)(F)F)sc2c1. The number of nitrogens with one attached hydrogen (secondary N) is 1. The van der Waals surface area contributed by atoms with Crippen LogP contribution in [0.1, 0.15) is 28.5 Å². The highest BCUT2D eigenvalue weighted by molar-refractivity contribution is 7.22. The van der Waals surface area contributed by atoms with Gasteiger partial charge in [0.25, 0.3) is 5.91 Å². The maximum Gasteiger partial charge on any atom is 0.434 e. The average molecular weight is 446 g/mol.